The molecule has 0 bridgehead atoms. The van der Waals surface area contributed by atoms with Crippen LogP contribution in [-0.2, 0) is 4.74 Å². The number of benzene rings is 1. The SMILES string of the molecule is COCC1CCCN1n1c(S)nc2ccc(F)cc21. The Kier molecular flexibility index (Phi) is 3.36. The molecule has 0 spiro atoms. The van der Waals surface area contributed by atoms with Gasteiger partial charge in [-0.2, -0.15) is 0 Å². The van der Waals surface area contributed by atoms with Crippen LogP contribution in [0.2, 0.25) is 0 Å². The van der Waals surface area contributed by atoms with Crippen LogP contribution in [0.3, 0.4) is 0 Å². The van der Waals surface area contributed by atoms with Gasteiger partial charge in [0, 0.05) is 19.7 Å². The summed E-state index contributed by atoms with van der Waals surface area (Å²) < 4.78 is 20.6. The van der Waals surface area contributed by atoms with Crippen LogP contribution in [0.1, 0.15) is 12.8 Å². The van der Waals surface area contributed by atoms with Crippen LogP contribution < -0.4 is 5.01 Å². The highest BCUT2D eigenvalue weighted by Crippen LogP contribution is 2.25. The fourth-order valence-corrected chi connectivity index (χ4v) is 3.05. The third-order valence-corrected chi connectivity index (χ3v) is 3.83. The average Bonchev–Trinajstić information content (AvgIpc) is 2.93. The number of fused-ring (bicyclic) bond motifs is 1. The first-order valence-electron chi connectivity index (χ1n) is 6.33. The first-order chi connectivity index (χ1) is 9.20. The van der Waals surface area contributed by atoms with Crippen LogP contribution in [0.15, 0.2) is 23.4 Å². The standard InChI is InChI=1S/C13H16FN3OS/c1-18-8-10-3-2-6-16(10)17-12-7-9(14)4-5-11(12)15-13(17)19/h4-5,7,10H,2-3,6,8H2,1H3,(H,15,19). The predicted octanol–water partition coefficient (Wildman–Crippen LogP) is 2.21. The highest BCUT2D eigenvalue weighted by Gasteiger charge is 2.27. The number of aromatic nitrogens is 2. The zero-order valence-corrected chi connectivity index (χ0v) is 11.6. The molecular weight excluding hydrogens is 265 g/mol. The van der Waals surface area contributed by atoms with E-state index in [-0.39, 0.29) is 11.9 Å². The number of hydrogen-bond donors (Lipinski definition) is 1. The number of imidazole rings is 1. The Hall–Kier alpha value is -1.27. The van der Waals surface area contributed by atoms with Gasteiger partial charge in [-0.1, -0.05) is 0 Å². The molecule has 1 fully saturated rings. The summed E-state index contributed by atoms with van der Waals surface area (Å²) in [7, 11) is 1.70. The molecule has 3 rings (SSSR count). The summed E-state index contributed by atoms with van der Waals surface area (Å²) in [5, 5.41) is 2.75. The minimum absolute atomic E-state index is 0.260. The third-order valence-electron chi connectivity index (χ3n) is 3.54. The molecule has 0 radical (unpaired) electrons. The first kappa shape index (κ1) is 12.7. The maximum atomic E-state index is 13.4. The molecule has 1 aliphatic rings. The number of hydrogen-bond acceptors (Lipinski definition) is 4. The molecule has 0 aliphatic carbocycles. The summed E-state index contributed by atoms with van der Waals surface area (Å²) in [4.78, 5) is 4.37. The van der Waals surface area contributed by atoms with Crippen LogP contribution in [0.25, 0.3) is 11.0 Å². The number of rotatable bonds is 3. The van der Waals surface area contributed by atoms with E-state index in [1.165, 1.54) is 12.1 Å². The van der Waals surface area contributed by atoms with E-state index in [0.29, 0.717) is 11.8 Å². The molecule has 0 N–H and O–H groups in total. The van der Waals surface area contributed by atoms with Crippen molar-refractivity contribution >= 4 is 23.7 Å². The van der Waals surface area contributed by atoms with Gasteiger partial charge in [0.05, 0.1) is 23.7 Å². The molecule has 6 heteroatoms. The lowest BCUT2D eigenvalue weighted by molar-refractivity contribution is 0.173. The minimum Gasteiger partial charge on any atom is -0.382 e. The van der Waals surface area contributed by atoms with Gasteiger partial charge in [0.2, 0.25) is 0 Å². The Labute approximate surface area is 116 Å². The van der Waals surface area contributed by atoms with Crippen molar-refractivity contribution in [3.8, 4) is 0 Å². The zero-order valence-electron chi connectivity index (χ0n) is 10.7. The number of halogens is 1. The lowest BCUT2D eigenvalue weighted by atomic mass is 10.2. The van der Waals surface area contributed by atoms with E-state index >= 15 is 0 Å². The zero-order chi connectivity index (χ0) is 13.4. The molecule has 2 heterocycles. The van der Waals surface area contributed by atoms with Crippen molar-refractivity contribution in [2.45, 2.75) is 24.0 Å². The van der Waals surface area contributed by atoms with E-state index in [2.05, 4.69) is 22.6 Å². The smallest absolute Gasteiger partial charge is 0.184 e. The topological polar surface area (TPSA) is 30.3 Å². The Morgan fingerprint density at radius 1 is 1.53 bits per heavy atom. The largest absolute Gasteiger partial charge is 0.382 e. The second-order valence-electron chi connectivity index (χ2n) is 4.77. The van der Waals surface area contributed by atoms with Crippen molar-refractivity contribution in [1.29, 1.82) is 0 Å². The molecule has 102 valence electrons. The molecule has 0 saturated carbocycles. The Balaban J connectivity index is 2.08. The monoisotopic (exact) mass is 281 g/mol. The van der Waals surface area contributed by atoms with Gasteiger partial charge in [0.25, 0.3) is 0 Å². The van der Waals surface area contributed by atoms with Gasteiger partial charge in [-0.3, -0.25) is 0 Å². The summed E-state index contributed by atoms with van der Waals surface area (Å²) in [5.41, 5.74) is 1.52. The van der Waals surface area contributed by atoms with E-state index in [1.54, 1.807) is 13.2 Å². The molecule has 0 amide bonds. The first-order valence-corrected chi connectivity index (χ1v) is 6.78. The van der Waals surface area contributed by atoms with Crippen molar-refractivity contribution in [2.24, 2.45) is 0 Å². The predicted molar refractivity (Wildman–Crippen MR) is 74.9 cm³/mol. The quantitative estimate of drug-likeness (QED) is 0.875. The number of ether oxygens (including phenoxy) is 1. The summed E-state index contributed by atoms with van der Waals surface area (Å²) in [5.74, 6) is -0.260. The third kappa shape index (κ3) is 2.19. The Bertz CT molecular complexity index is 601. The van der Waals surface area contributed by atoms with E-state index < -0.39 is 0 Å². The van der Waals surface area contributed by atoms with Gasteiger partial charge in [-0.15, -0.1) is 12.6 Å². The van der Waals surface area contributed by atoms with Crippen molar-refractivity contribution in [3.05, 3.63) is 24.0 Å². The number of thiol groups is 1. The van der Waals surface area contributed by atoms with Gasteiger partial charge < -0.3 is 9.75 Å². The Morgan fingerprint density at radius 2 is 2.37 bits per heavy atom. The molecule has 1 aromatic carbocycles. The van der Waals surface area contributed by atoms with Crippen molar-refractivity contribution in [3.63, 3.8) is 0 Å². The number of methoxy groups -OCH3 is 1. The average molecular weight is 281 g/mol. The lowest BCUT2D eigenvalue weighted by Gasteiger charge is -2.28. The second-order valence-corrected chi connectivity index (χ2v) is 5.17. The fraction of sp³-hybridized carbons (Fsp3) is 0.462. The van der Waals surface area contributed by atoms with Crippen molar-refractivity contribution in [2.75, 3.05) is 25.3 Å². The minimum atomic E-state index is -0.260. The summed E-state index contributed by atoms with van der Waals surface area (Å²) in [6, 6.07) is 4.90. The molecule has 2 aromatic rings. The highest BCUT2D eigenvalue weighted by molar-refractivity contribution is 7.80. The van der Waals surface area contributed by atoms with Crippen LogP contribution in [0, 0.1) is 5.82 Å². The molecule has 19 heavy (non-hydrogen) atoms. The van der Waals surface area contributed by atoms with Gasteiger partial charge in [-0.05, 0) is 25.0 Å². The normalized spacial score (nSPS) is 19.5. The van der Waals surface area contributed by atoms with Gasteiger partial charge in [-0.25, -0.2) is 14.1 Å². The maximum Gasteiger partial charge on any atom is 0.184 e. The molecule has 1 saturated heterocycles. The van der Waals surface area contributed by atoms with E-state index in [0.717, 1.165) is 30.4 Å². The van der Waals surface area contributed by atoms with Crippen LogP contribution in [0.4, 0.5) is 4.39 Å². The van der Waals surface area contributed by atoms with Crippen LogP contribution >= 0.6 is 12.6 Å². The van der Waals surface area contributed by atoms with E-state index in [1.807, 2.05) is 4.68 Å². The van der Waals surface area contributed by atoms with Crippen LogP contribution in [-0.4, -0.2) is 36.0 Å². The van der Waals surface area contributed by atoms with Crippen molar-refractivity contribution in [1.82, 2.24) is 9.66 Å². The molecule has 1 atom stereocenters. The molecular formula is C13H16FN3OS. The molecule has 1 aromatic heterocycles. The van der Waals surface area contributed by atoms with Gasteiger partial charge in [0.15, 0.2) is 5.16 Å². The molecule has 4 nitrogen and oxygen atoms in total. The molecule has 1 unspecified atom stereocenters. The highest BCUT2D eigenvalue weighted by atomic mass is 32.1. The summed E-state index contributed by atoms with van der Waals surface area (Å²) >= 11 is 4.42. The fourth-order valence-electron chi connectivity index (χ4n) is 2.72. The Morgan fingerprint density at radius 3 is 3.16 bits per heavy atom. The van der Waals surface area contributed by atoms with Gasteiger partial charge >= 0.3 is 0 Å². The number of nitrogens with zero attached hydrogens (tertiary/aromatic N) is 3. The lowest BCUT2D eigenvalue weighted by Crippen LogP contribution is -2.41. The maximum absolute atomic E-state index is 13.4. The van der Waals surface area contributed by atoms with E-state index in [4.69, 9.17) is 4.74 Å². The summed E-state index contributed by atoms with van der Waals surface area (Å²) in [6.45, 7) is 1.56. The molecule has 1 aliphatic heterocycles. The van der Waals surface area contributed by atoms with Gasteiger partial charge in [0.1, 0.15) is 5.82 Å². The second kappa shape index (κ2) is 5.02. The van der Waals surface area contributed by atoms with E-state index in [9.17, 15) is 4.39 Å². The summed E-state index contributed by atoms with van der Waals surface area (Å²) in [6.07, 6.45) is 2.16. The van der Waals surface area contributed by atoms with Crippen LogP contribution in [0.5, 0.6) is 0 Å². The van der Waals surface area contributed by atoms with Crippen molar-refractivity contribution < 1.29 is 9.13 Å².